The third-order valence-corrected chi connectivity index (χ3v) is 3.15. The lowest BCUT2D eigenvalue weighted by molar-refractivity contribution is 0.473. The minimum atomic E-state index is -0.568. The Morgan fingerprint density at radius 1 is 1.26 bits per heavy atom. The van der Waals surface area contributed by atoms with Gasteiger partial charge in [-0.3, -0.25) is 11.3 Å². The zero-order valence-corrected chi connectivity index (χ0v) is 10.6. The van der Waals surface area contributed by atoms with Crippen LogP contribution in [-0.2, 0) is 12.8 Å². The van der Waals surface area contributed by atoms with Crippen molar-refractivity contribution in [3.63, 3.8) is 0 Å². The molecule has 0 fully saturated rings. The molecular formula is C14H16F2N2O. The molecule has 0 saturated carbocycles. The van der Waals surface area contributed by atoms with Gasteiger partial charge in [0.05, 0.1) is 12.3 Å². The highest BCUT2D eigenvalue weighted by molar-refractivity contribution is 5.27. The van der Waals surface area contributed by atoms with Crippen molar-refractivity contribution in [1.82, 2.24) is 5.43 Å². The van der Waals surface area contributed by atoms with Gasteiger partial charge in [0.2, 0.25) is 0 Å². The van der Waals surface area contributed by atoms with E-state index in [0.29, 0.717) is 6.42 Å². The van der Waals surface area contributed by atoms with Crippen LogP contribution in [0.15, 0.2) is 34.9 Å². The van der Waals surface area contributed by atoms with Crippen LogP contribution in [0.1, 0.15) is 29.9 Å². The van der Waals surface area contributed by atoms with E-state index in [1.807, 2.05) is 6.92 Å². The molecule has 0 aliphatic rings. The normalized spacial score (nSPS) is 12.6. The Balaban J connectivity index is 2.29. The van der Waals surface area contributed by atoms with Crippen LogP contribution in [0.3, 0.4) is 0 Å². The molecule has 0 spiro atoms. The zero-order valence-electron chi connectivity index (χ0n) is 10.6. The molecule has 0 saturated heterocycles. The highest BCUT2D eigenvalue weighted by Crippen LogP contribution is 2.25. The molecule has 1 atom stereocenters. The molecule has 0 aliphatic carbocycles. The van der Waals surface area contributed by atoms with Gasteiger partial charge in [-0.05, 0) is 24.6 Å². The summed E-state index contributed by atoms with van der Waals surface area (Å²) >= 11 is 0. The van der Waals surface area contributed by atoms with Gasteiger partial charge in [-0.2, -0.15) is 0 Å². The van der Waals surface area contributed by atoms with Crippen molar-refractivity contribution in [3.8, 4) is 0 Å². The maximum atomic E-state index is 13.6. The van der Waals surface area contributed by atoms with E-state index in [-0.39, 0.29) is 18.0 Å². The topological polar surface area (TPSA) is 51.2 Å². The van der Waals surface area contributed by atoms with Crippen molar-refractivity contribution in [1.29, 1.82) is 0 Å². The number of hydrogen-bond donors (Lipinski definition) is 2. The van der Waals surface area contributed by atoms with Crippen molar-refractivity contribution < 1.29 is 13.2 Å². The van der Waals surface area contributed by atoms with Crippen molar-refractivity contribution in [2.45, 2.75) is 25.8 Å². The van der Waals surface area contributed by atoms with Crippen molar-refractivity contribution in [3.05, 3.63) is 59.1 Å². The number of nitrogens with two attached hydrogens (primary N) is 1. The molecule has 3 N–H and O–H groups in total. The second kappa shape index (κ2) is 5.95. The fraction of sp³-hybridized carbons (Fsp3) is 0.286. The van der Waals surface area contributed by atoms with Crippen LogP contribution in [0.4, 0.5) is 8.78 Å². The van der Waals surface area contributed by atoms with E-state index in [4.69, 9.17) is 10.3 Å². The molecule has 0 amide bonds. The van der Waals surface area contributed by atoms with Crippen LogP contribution in [-0.4, -0.2) is 0 Å². The van der Waals surface area contributed by atoms with Gasteiger partial charge in [-0.15, -0.1) is 0 Å². The third-order valence-electron chi connectivity index (χ3n) is 3.15. The van der Waals surface area contributed by atoms with Crippen LogP contribution < -0.4 is 11.3 Å². The van der Waals surface area contributed by atoms with E-state index in [0.717, 1.165) is 11.3 Å². The number of hydrogen-bond acceptors (Lipinski definition) is 3. The summed E-state index contributed by atoms with van der Waals surface area (Å²) in [6, 6.07) is 5.20. The van der Waals surface area contributed by atoms with Crippen LogP contribution in [0.25, 0.3) is 0 Å². The number of halogens is 2. The molecule has 19 heavy (non-hydrogen) atoms. The molecule has 0 aliphatic heterocycles. The number of nitrogens with one attached hydrogen (secondary N) is 1. The molecular weight excluding hydrogens is 250 g/mol. The van der Waals surface area contributed by atoms with Gasteiger partial charge in [-0.1, -0.05) is 13.0 Å². The Labute approximate surface area is 110 Å². The molecule has 3 nitrogen and oxygen atoms in total. The van der Waals surface area contributed by atoms with Gasteiger partial charge >= 0.3 is 0 Å². The van der Waals surface area contributed by atoms with Crippen LogP contribution in [0.2, 0.25) is 0 Å². The Kier molecular flexibility index (Phi) is 4.29. The maximum absolute atomic E-state index is 13.6. The molecule has 1 unspecified atom stereocenters. The molecule has 1 heterocycles. The SMILES string of the molecule is CCc1occc1C(Cc1c(F)cccc1F)NN. The Bertz CT molecular complexity index is 534. The first kappa shape index (κ1) is 13.7. The van der Waals surface area contributed by atoms with Crippen molar-refractivity contribution in [2.24, 2.45) is 5.84 Å². The fourth-order valence-corrected chi connectivity index (χ4v) is 2.14. The monoisotopic (exact) mass is 266 g/mol. The van der Waals surface area contributed by atoms with E-state index in [2.05, 4.69) is 5.43 Å². The van der Waals surface area contributed by atoms with E-state index < -0.39 is 11.6 Å². The van der Waals surface area contributed by atoms with Gasteiger partial charge in [0.15, 0.2) is 0 Å². The molecule has 0 radical (unpaired) electrons. The first-order valence-electron chi connectivity index (χ1n) is 6.12. The molecule has 0 bridgehead atoms. The van der Waals surface area contributed by atoms with E-state index in [9.17, 15) is 8.78 Å². The van der Waals surface area contributed by atoms with Gasteiger partial charge in [0.1, 0.15) is 17.4 Å². The first-order valence-corrected chi connectivity index (χ1v) is 6.12. The maximum Gasteiger partial charge on any atom is 0.129 e. The van der Waals surface area contributed by atoms with Crippen molar-refractivity contribution >= 4 is 0 Å². The summed E-state index contributed by atoms with van der Waals surface area (Å²) < 4.78 is 32.6. The number of rotatable bonds is 5. The summed E-state index contributed by atoms with van der Waals surface area (Å²) in [6.07, 6.45) is 2.37. The standard InChI is InChI=1S/C14H16F2N2O/c1-2-14-9(6-7-19-14)13(18-17)8-10-11(15)4-3-5-12(10)16/h3-7,13,18H,2,8,17H2,1H3. The van der Waals surface area contributed by atoms with Crippen molar-refractivity contribution in [2.75, 3.05) is 0 Å². The Morgan fingerprint density at radius 2 is 1.95 bits per heavy atom. The minimum Gasteiger partial charge on any atom is -0.469 e. The molecule has 102 valence electrons. The number of aryl methyl sites for hydroxylation is 1. The third kappa shape index (κ3) is 2.83. The molecule has 2 rings (SSSR count). The highest BCUT2D eigenvalue weighted by Gasteiger charge is 2.20. The highest BCUT2D eigenvalue weighted by atomic mass is 19.1. The van der Waals surface area contributed by atoms with E-state index >= 15 is 0 Å². The lowest BCUT2D eigenvalue weighted by Crippen LogP contribution is -2.30. The molecule has 5 heteroatoms. The number of furan rings is 1. The fourth-order valence-electron chi connectivity index (χ4n) is 2.14. The molecule has 1 aromatic heterocycles. The summed E-state index contributed by atoms with van der Waals surface area (Å²) in [5, 5.41) is 0. The number of benzene rings is 1. The minimum absolute atomic E-state index is 0.0219. The predicted octanol–water partition coefficient (Wildman–Crippen LogP) is 2.87. The largest absolute Gasteiger partial charge is 0.469 e. The molecule has 1 aromatic carbocycles. The molecule has 2 aromatic rings. The first-order chi connectivity index (χ1) is 9.17. The summed E-state index contributed by atoms with van der Waals surface area (Å²) in [4.78, 5) is 0. The summed E-state index contributed by atoms with van der Waals surface area (Å²) in [5.41, 5.74) is 3.44. The lowest BCUT2D eigenvalue weighted by Gasteiger charge is -2.16. The Hall–Kier alpha value is -1.72. The summed E-state index contributed by atoms with van der Waals surface area (Å²) in [5.74, 6) is 5.13. The van der Waals surface area contributed by atoms with Gasteiger partial charge in [0.25, 0.3) is 0 Å². The number of hydrazine groups is 1. The predicted molar refractivity (Wildman–Crippen MR) is 68.2 cm³/mol. The lowest BCUT2D eigenvalue weighted by atomic mass is 9.98. The van der Waals surface area contributed by atoms with Gasteiger partial charge < -0.3 is 4.42 Å². The summed E-state index contributed by atoms with van der Waals surface area (Å²) in [6.45, 7) is 1.94. The van der Waals surface area contributed by atoms with Gasteiger partial charge in [-0.25, -0.2) is 8.78 Å². The summed E-state index contributed by atoms with van der Waals surface area (Å²) in [7, 11) is 0. The quantitative estimate of drug-likeness (QED) is 0.646. The second-order valence-electron chi connectivity index (χ2n) is 4.28. The smallest absolute Gasteiger partial charge is 0.129 e. The Morgan fingerprint density at radius 3 is 2.53 bits per heavy atom. The van der Waals surface area contributed by atoms with Crippen LogP contribution in [0, 0.1) is 11.6 Å². The van der Waals surface area contributed by atoms with E-state index in [1.165, 1.54) is 18.2 Å². The second-order valence-corrected chi connectivity index (χ2v) is 4.28. The van der Waals surface area contributed by atoms with E-state index in [1.54, 1.807) is 12.3 Å². The zero-order chi connectivity index (χ0) is 13.8. The average molecular weight is 266 g/mol. The van der Waals surface area contributed by atoms with Crippen LogP contribution in [0.5, 0.6) is 0 Å². The van der Waals surface area contributed by atoms with Crippen LogP contribution >= 0.6 is 0 Å². The van der Waals surface area contributed by atoms with Gasteiger partial charge in [0, 0.05) is 17.5 Å². The average Bonchev–Trinajstić information content (AvgIpc) is 2.87.